The van der Waals surface area contributed by atoms with Crippen molar-refractivity contribution in [3.8, 4) is 101 Å². The molecule has 0 fully saturated rings. The van der Waals surface area contributed by atoms with Crippen LogP contribution in [0.4, 0.5) is 5.69 Å². The number of rotatable bonds is 10. The fourth-order valence-electron chi connectivity index (χ4n) is 14.0. The van der Waals surface area contributed by atoms with Crippen LogP contribution in [0.5, 0.6) is 0 Å². The van der Waals surface area contributed by atoms with Crippen molar-refractivity contribution in [2.75, 3.05) is 0 Å². The molecule has 8 heteroatoms. The average Bonchev–Trinajstić information content (AvgIpc) is 1.54. The molecule has 0 aliphatic rings. The second kappa shape index (κ2) is 22.4. The second-order valence-electron chi connectivity index (χ2n) is 23.7. The van der Waals surface area contributed by atoms with E-state index < -0.39 is 36.3 Å². The molecule has 0 unspecified atom stereocenters. The summed E-state index contributed by atoms with van der Waals surface area (Å²) in [6.45, 7) is 9.72. The van der Waals surface area contributed by atoms with Crippen LogP contribution in [0.15, 0.2) is 315 Å². The van der Waals surface area contributed by atoms with E-state index in [0.29, 0.717) is 72.6 Å². The standard InChI is InChI=1S/C88H52N6S2/c1-89-72-53-71(88-91-86(59-33-19-7-20-34-59)90-87(92-88)60-35-21-8-22-36-60)82(93-73-43-37-61(54-23-9-2-10-24-54)51-69(73)80-75(93)45-41-65-67-49-63(56-27-13-4-14-28-56)39-47-77(67)95-84(65)80)79(58-31-17-6-18-32-58)83(72)94-74-44-38-62(55-25-11-3-12-26-55)52-70(74)81-76(94)46-42-66-68-50-64(57-29-15-5-16-30-57)40-48-78(68)96-85(66)81/h2-53H/i2D,3D,9D,10D,11D,12D,23D,24D,25D,26D. The summed E-state index contributed by atoms with van der Waals surface area (Å²) in [7, 11) is 0. The molecule has 19 aromatic rings. The molecule has 0 atom stereocenters. The van der Waals surface area contributed by atoms with Crippen molar-refractivity contribution in [3.05, 3.63) is 327 Å². The summed E-state index contributed by atoms with van der Waals surface area (Å²) in [5, 5.41) is 7.12. The van der Waals surface area contributed by atoms with Gasteiger partial charge >= 0.3 is 0 Å². The van der Waals surface area contributed by atoms with Gasteiger partial charge in [-0.3, -0.25) is 0 Å². The van der Waals surface area contributed by atoms with Gasteiger partial charge in [-0.1, -0.05) is 248 Å². The minimum atomic E-state index is -0.495. The number of benzene rings is 14. The molecule has 19 rings (SSSR count). The maximum Gasteiger partial charge on any atom is 0.212 e. The summed E-state index contributed by atoms with van der Waals surface area (Å²) in [6.07, 6.45) is 0. The molecule has 6 nitrogen and oxygen atoms in total. The Morgan fingerprint density at radius 1 is 0.312 bits per heavy atom. The average molecular weight is 1270 g/mol. The van der Waals surface area contributed by atoms with Crippen LogP contribution in [0.25, 0.3) is 190 Å². The quantitative estimate of drug-likeness (QED) is 0.128. The highest BCUT2D eigenvalue weighted by Crippen LogP contribution is 2.54. The van der Waals surface area contributed by atoms with E-state index in [4.69, 9.17) is 23.2 Å². The van der Waals surface area contributed by atoms with Crippen LogP contribution in [0.1, 0.15) is 13.7 Å². The van der Waals surface area contributed by atoms with Crippen LogP contribution in [-0.2, 0) is 0 Å². The fourth-order valence-corrected chi connectivity index (χ4v) is 16.5. The van der Waals surface area contributed by atoms with E-state index in [1.165, 1.54) is 0 Å². The van der Waals surface area contributed by atoms with Crippen molar-refractivity contribution in [1.29, 1.82) is 0 Å². The minimum Gasteiger partial charge on any atom is -0.318 e. The highest BCUT2D eigenvalue weighted by Gasteiger charge is 2.31. The summed E-state index contributed by atoms with van der Waals surface area (Å²) < 4.78 is 98.6. The van der Waals surface area contributed by atoms with E-state index in [9.17, 15) is 12.1 Å². The third kappa shape index (κ3) is 8.94. The fraction of sp³-hybridized carbons (Fsp3) is 0. The summed E-state index contributed by atoms with van der Waals surface area (Å²) >= 11 is 3.29. The SMILES string of the molecule is [2H]c1c([2H])c([2H])c(-c2ccc3c(c2)c2c4sc5ccc(-c6ccccc6)cc5c4ccc2n3-c2c([N+]#[C-])cc(-c3nc(-c4ccccc4)nc(-c4ccccc4)n3)c(-n3c4ccc(-c5c([2H])c([2H])c([2H])c([2H])c5[2H])cc4c4c5sc6ccc(-c7ccccc7)cc6c5ccc43)c2-c2ccccc2)c([2H])c1[2H]. The van der Waals surface area contributed by atoms with Crippen LogP contribution < -0.4 is 0 Å². The molecule has 0 aliphatic heterocycles. The van der Waals surface area contributed by atoms with Crippen LogP contribution in [0, 0.1) is 6.57 Å². The van der Waals surface area contributed by atoms with Crippen molar-refractivity contribution in [1.82, 2.24) is 24.1 Å². The zero-order chi connectivity index (χ0) is 72.1. The predicted octanol–water partition coefficient (Wildman–Crippen LogP) is 24.7. The molecule has 0 spiro atoms. The molecule has 5 aromatic heterocycles. The Bertz CT molecular complexity index is 6900. The number of aromatic nitrogens is 5. The third-order valence-corrected chi connectivity index (χ3v) is 20.8. The maximum absolute atomic E-state index is 9.72. The first kappa shape index (κ1) is 45.8. The van der Waals surface area contributed by atoms with E-state index >= 15 is 0 Å². The van der Waals surface area contributed by atoms with Gasteiger partial charge in [0.15, 0.2) is 17.5 Å². The maximum atomic E-state index is 9.72. The lowest BCUT2D eigenvalue weighted by Crippen LogP contribution is -2.08. The normalized spacial score (nSPS) is 13.2. The number of hydrogen-bond donors (Lipinski definition) is 0. The van der Waals surface area contributed by atoms with Crippen molar-refractivity contribution in [2.24, 2.45) is 0 Å². The molecular formula is C88H52N6S2. The molecule has 5 heterocycles. The highest BCUT2D eigenvalue weighted by atomic mass is 32.1. The molecule has 446 valence electrons. The Morgan fingerprint density at radius 3 is 1.14 bits per heavy atom. The minimum absolute atomic E-state index is 0.0517. The summed E-state index contributed by atoms with van der Waals surface area (Å²) in [6, 6.07) is 80.7. The Kier molecular flexibility index (Phi) is 10.7. The number of nitrogens with zero attached hydrogens (tertiary/aromatic N) is 6. The van der Waals surface area contributed by atoms with Crippen molar-refractivity contribution in [2.45, 2.75) is 0 Å². The van der Waals surface area contributed by atoms with E-state index in [0.717, 1.165) is 95.5 Å². The lowest BCUT2D eigenvalue weighted by molar-refractivity contribution is 1.06. The first-order chi connectivity index (χ1) is 51.7. The summed E-state index contributed by atoms with van der Waals surface area (Å²) in [5.74, 6) is 1.03. The molecule has 0 N–H and O–H groups in total. The Labute approximate surface area is 574 Å². The highest BCUT2D eigenvalue weighted by molar-refractivity contribution is 7.27. The molecule has 0 bridgehead atoms. The number of hydrogen-bond acceptors (Lipinski definition) is 5. The molecule has 0 amide bonds. The van der Waals surface area contributed by atoms with Crippen molar-refractivity contribution in [3.63, 3.8) is 0 Å². The number of fused-ring (bicyclic) bond motifs is 14. The first-order valence-electron chi connectivity index (χ1n) is 36.4. The first-order valence-corrected chi connectivity index (χ1v) is 33.0. The molecule has 96 heavy (non-hydrogen) atoms. The molecule has 0 saturated carbocycles. The van der Waals surface area contributed by atoms with Crippen LogP contribution in [0.3, 0.4) is 0 Å². The van der Waals surface area contributed by atoms with Crippen LogP contribution >= 0.6 is 22.7 Å². The lowest BCUT2D eigenvalue weighted by Gasteiger charge is -2.24. The lowest BCUT2D eigenvalue weighted by atomic mass is 9.94. The van der Waals surface area contributed by atoms with Gasteiger partial charge in [0.2, 0.25) is 5.69 Å². The van der Waals surface area contributed by atoms with Gasteiger partial charge in [-0.15, -0.1) is 22.7 Å². The van der Waals surface area contributed by atoms with E-state index in [-0.39, 0.29) is 46.8 Å². The van der Waals surface area contributed by atoms with E-state index in [2.05, 4.69) is 98.9 Å². The zero-order valence-corrected chi connectivity index (χ0v) is 52.4. The molecule has 0 saturated heterocycles. The number of thiophene rings is 2. The Morgan fingerprint density at radius 2 is 0.688 bits per heavy atom. The van der Waals surface area contributed by atoms with E-state index in [1.807, 2.05) is 164 Å². The van der Waals surface area contributed by atoms with Gasteiger partial charge in [0.25, 0.3) is 0 Å². The summed E-state index contributed by atoms with van der Waals surface area (Å²) in [5.41, 5.74) is 12.5. The van der Waals surface area contributed by atoms with E-state index in [1.54, 1.807) is 28.7 Å². The molecule has 14 aromatic carbocycles. The third-order valence-electron chi connectivity index (χ3n) is 18.3. The van der Waals surface area contributed by atoms with Gasteiger partial charge in [0.05, 0.1) is 53.7 Å². The van der Waals surface area contributed by atoms with Gasteiger partial charge in [-0.05, 0) is 117 Å². The van der Waals surface area contributed by atoms with Gasteiger partial charge in [-0.2, -0.15) is 0 Å². The Hall–Kier alpha value is -12.4. The Balaban J connectivity index is 1.00. The van der Waals surface area contributed by atoms with Gasteiger partial charge in [0.1, 0.15) is 0 Å². The monoisotopic (exact) mass is 1270 g/mol. The zero-order valence-electron chi connectivity index (χ0n) is 60.7. The molecular weight excluding hydrogens is 1210 g/mol. The van der Waals surface area contributed by atoms with Gasteiger partial charge < -0.3 is 9.13 Å². The topological polar surface area (TPSA) is 52.9 Å². The van der Waals surface area contributed by atoms with Crippen LogP contribution in [0.2, 0.25) is 0 Å². The smallest absolute Gasteiger partial charge is 0.212 e. The van der Waals surface area contributed by atoms with Crippen LogP contribution in [-0.4, -0.2) is 24.1 Å². The van der Waals surface area contributed by atoms with Gasteiger partial charge in [0, 0.05) is 84.1 Å². The van der Waals surface area contributed by atoms with Crippen molar-refractivity contribution < 1.29 is 13.7 Å². The summed E-state index contributed by atoms with van der Waals surface area (Å²) in [4.78, 5) is 20.8. The van der Waals surface area contributed by atoms with Crippen molar-refractivity contribution >= 4 is 112 Å². The molecule has 0 radical (unpaired) electrons. The second-order valence-corrected chi connectivity index (χ2v) is 25.8. The predicted molar refractivity (Wildman–Crippen MR) is 404 cm³/mol. The molecule has 0 aliphatic carbocycles. The van der Waals surface area contributed by atoms with Gasteiger partial charge in [-0.25, -0.2) is 19.8 Å². The largest absolute Gasteiger partial charge is 0.318 e.